The van der Waals surface area contributed by atoms with Gasteiger partial charge in [-0.2, -0.15) is 0 Å². The predicted molar refractivity (Wildman–Crippen MR) is 85.2 cm³/mol. The van der Waals surface area contributed by atoms with Crippen molar-refractivity contribution >= 4 is 17.5 Å². The summed E-state index contributed by atoms with van der Waals surface area (Å²) in [5, 5.41) is 5.54. The van der Waals surface area contributed by atoms with Crippen LogP contribution in [0.5, 0.6) is 0 Å². The van der Waals surface area contributed by atoms with Gasteiger partial charge in [0, 0.05) is 17.8 Å². The number of hydrogen-bond acceptors (Lipinski definition) is 3. The van der Waals surface area contributed by atoms with E-state index in [9.17, 15) is 9.59 Å². The van der Waals surface area contributed by atoms with E-state index in [0.717, 1.165) is 5.56 Å². The quantitative estimate of drug-likeness (QED) is 0.750. The van der Waals surface area contributed by atoms with Crippen LogP contribution in [0.4, 0.5) is 5.69 Å². The number of carbonyl (C=O) groups is 2. The first-order valence-corrected chi connectivity index (χ1v) is 7.30. The lowest BCUT2D eigenvalue weighted by molar-refractivity contribution is -0.117. The monoisotopic (exact) mass is 291 g/mol. The lowest BCUT2D eigenvalue weighted by Crippen LogP contribution is -2.36. The van der Waals surface area contributed by atoms with E-state index in [0.29, 0.717) is 30.1 Å². The first-order valence-electron chi connectivity index (χ1n) is 7.30. The maximum Gasteiger partial charge on any atom is 0.251 e. The van der Waals surface area contributed by atoms with Crippen molar-refractivity contribution in [2.24, 2.45) is 11.7 Å². The SMILES string of the molecule is CCNC(=O)c1ccc(C)c(NC(=O)[C@H](N)CC(C)C)c1. The van der Waals surface area contributed by atoms with Crippen LogP contribution >= 0.6 is 0 Å². The van der Waals surface area contributed by atoms with E-state index < -0.39 is 6.04 Å². The van der Waals surface area contributed by atoms with Gasteiger partial charge in [-0.15, -0.1) is 0 Å². The molecule has 1 aromatic rings. The van der Waals surface area contributed by atoms with Gasteiger partial charge in [0.15, 0.2) is 0 Å². The van der Waals surface area contributed by atoms with Gasteiger partial charge in [-0.05, 0) is 43.9 Å². The van der Waals surface area contributed by atoms with Crippen molar-refractivity contribution in [3.8, 4) is 0 Å². The second-order valence-corrected chi connectivity index (χ2v) is 5.61. The molecule has 0 aromatic heterocycles. The molecule has 0 saturated carbocycles. The molecule has 4 N–H and O–H groups in total. The lowest BCUT2D eigenvalue weighted by atomic mass is 10.0. The van der Waals surface area contributed by atoms with E-state index in [1.807, 2.05) is 33.8 Å². The molecule has 0 radical (unpaired) electrons. The highest BCUT2D eigenvalue weighted by Crippen LogP contribution is 2.17. The van der Waals surface area contributed by atoms with Crippen LogP contribution in [0.2, 0.25) is 0 Å². The Labute approximate surface area is 126 Å². The molecule has 0 unspecified atom stereocenters. The van der Waals surface area contributed by atoms with Crippen LogP contribution in [0.1, 0.15) is 43.1 Å². The van der Waals surface area contributed by atoms with Gasteiger partial charge in [-0.25, -0.2) is 0 Å². The standard InChI is InChI=1S/C16H25N3O2/c1-5-18-15(20)12-7-6-11(4)14(9-12)19-16(21)13(17)8-10(2)3/h6-7,9-10,13H,5,8,17H2,1-4H3,(H,18,20)(H,19,21)/t13-/m1/s1. The molecule has 0 fully saturated rings. The fourth-order valence-corrected chi connectivity index (χ4v) is 2.00. The molecule has 1 rings (SSSR count). The normalized spacial score (nSPS) is 12.1. The van der Waals surface area contributed by atoms with Gasteiger partial charge < -0.3 is 16.4 Å². The molecule has 0 heterocycles. The predicted octanol–water partition coefficient (Wildman–Crippen LogP) is 2.06. The van der Waals surface area contributed by atoms with Crippen molar-refractivity contribution in [2.45, 2.75) is 40.2 Å². The minimum Gasteiger partial charge on any atom is -0.352 e. The minimum absolute atomic E-state index is 0.153. The molecular formula is C16H25N3O2. The van der Waals surface area contributed by atoms with E-state index in [1.165, 1.54) is 0 Å². The molecule has 1 atom stereocenters. The molecule has 2 amide bonds. The van der Waals surface area contributed by atoms with Gasteiger partial charge in [-0.3, -0.25) is 9.59 Å². The average Bonchev–Trinajstić information content (AvgIpc) is 2.40. The molecule has 0 spiro atoms. The first-order chi connectivity index (χ1) is 9.85. The van der Waals surface area contributed by atoms with Crippen molar-refractivity contribution < 1.29 is 9.59 Å². The highest BCUT2D eigenvalue weighted by atomic mass is 16.2. The smallest absolute Gasteiger partial charge is 0.251 e. The van der Waals surface area contributed by atoms with Gasteiger partial charge >= 0.3 is 0 Å². The molecule has 0 aliphatic carbocycles. The Morgan fingerprint density at radius 2 is 1.95 bits per heavy atom. The number of aryl methyl sites for hydroxylation is 1. The van der Waals surface area contributed by atoms with Crippen molar-refractivity contribution in [3.63, 3.8) is 0 Å². The Kier molecular flexibility index (Phi) is 6.37. The van der Waals surface area contributed by atoms with E-state index >= 15 is 0 Å². The lowest BCUT2D eigenvalue weighted by Gasteiger charge is -2.16. The third-order valence-corrected chi connectivity index (χ3v) is 3.16. The van der Waals surface area contributed by atoms with Crippen LogP contribution in [-0.2, 0) is 4.79 Å². The number of amides is 2. The first kappa shape index (κ1) is 17.2. The van der Waals surface area contributed by atoms with E-state index in [1.54, 1.807) is 12.1 Å². The number of nitrogens with one attached hydrogen (secondary N) is 2. The summed E-state index contributed by atoms with van der Waals surface area (Å²) in [4.78, 5) is 23.9. The highest BCUT2D eigenvalue weighted by Gasteiger charge is 2.16. The van der Waals surface area contributed by atoms with Crippen molar-refractivity contribution in [1.82, 2.24) is 5.32 Å². The number of carbonyl (C=O) groups excluding carboxylic acids is 2. The fraction of sp³-hybridized carbons (Fsp3) is 0.500. The number of rotatable bonds is 6. The summed E-state index contributed by atoms with van der Waals surface area (Å²) in [5.74, 6) is -0.0205. The van der Waals surface area contributed by atoms with E-state index in [-0.39, 0.29) is 11.8 Å². The van der Waals surface area contributed by atoms with Crippen LogP contribution < -0.4 is 16.4 Å². The zero-order valence-electron chi connectivity index (χ0n) is 13.2. The molecular weight excluding hydrogens is 266 g/mol. The summed E-state index contributed by atoms with van der Waals surface area (Å²) in [6.07, 6.45) is 0.626. The van der Waals surface area contributed by atoms with Crippen LogP contribution in [0, 0.1) is 12.8 Å². The van der Waals surface area contributed by atoms with Crippen molar-refractivity contribution in [1.29, 1.82) is 0 Å². The molecule has 0 aliphatic rings. The Morgan fingerprint density at radius 1 is 1.29 bits per heavy atom. The van der Waals surface area contributed by atoms with Crippen LogP contribution in [0.15, 0.2) is 18.2 Å². The zero-order chi connectivity index (χ0) is 16.0. The zero-order valence-corrected chi connectivity index (χ0v) is 13.2. The van der Waals surface area contributed by atoms with Crippen LogP contribution in [-0.4, -0.2) is 24.4 Å². The molecule has 0 aliphatic heterocycles. The van der Waals surface area contributed by atoms with Gasteiger partial charge in [-0.1, -0.05) is 19.9 Å². The summed E-state index contributed by atoms with van der Waals surface area (Å²) in [6, 6.07) is 4.69. The summed E-state index contributed by atoms with van der Waals surface area (Å²) in [6.45, 7) is 8.35. The minimum atomic E-state index is -0.544. The molecule has 5 nitrogen and oxygen atoms in total. The highest BCUT2D eigenvalue weighted by molar-refractivity contribution is 5.99. The van der Waals surface area contributed by atoms with Gasteiger partial charge in [0.25, 0.3) is 5.91 Å². The Bertz CT molecular complexity index is 512. The maximum atomic E-state index is 12.1. The fourth-order valence-electron chi connectivity index (χ4n) is 2.00. The molecule has 1 aromatic carbocycles. The Hall–Kier alpha value is -1.88. The van der Waals surface area contributed by atoms with Crippen LogP contribution in [0.25, 0.3) is 0 Å². The maximum absolute atomic E-state index is 12.1. The number of hydrogen-bond donors (Lipinski definition) is 3. The molecule has 116 valence electrons. The molecule has 21 heavy (non-hydrogen) atoms. The van der Waals surface area contributed by atoms with E-state index in [4.69, 9.17) is 5.73 Å². The second-order valence-electron chi connectivity index (χ2n) is 5.61. The summed E-state index contributed by atoms with van der Waals surface area (Å²) < 4.78 is 0. The van der Waals surface area contributed by atoms with Crippen LogP contribution in [0.3, 0.4) is 0 Å². The van der Waals surface area contributed by atoms with Gasteiger partial charge in [0.2, 0.25) is 5.91 Å². The van der Waals surface area contributed by atoms with E-state index in [2.05, 4.69) is 10.6 Å². The second kappa shape index (κ2) is 7.78. The number of nitrogens with two attached hydrogens (primary N) is 1. The summed E-state index contributed by atoms with van der Waals surface area (Å²) >= 11 is 0. The van der Waals surface area contributed by atoms with Gasteiger partial charge in [0.05, 0.1) is 6.04 Å². The van der Waals surface area contributed by atoms with Crippen molar-refractivity contribution in [2.75, 3.05) is 11.9 Å². The molecule has 0 saturated heterocycles. The Morgan fingerprint density at radius 3 is 2.52 bits per heavy atom. The van der Waals surface area contributed by atoms with Gasteiger partial charge in [0.1, 0.15) is 0 Å². The average molecular weight is 291 g/mol. The number of anilines is 1. The summed E-state index contributed by atoms with van der Waals surface area (Å²) in [7, 11) is 0. The molecule has 0 bridgehead atoms. The molecule has 5 heteroatoms. The topological polar surface area (TPSA) is 84.2 Å². The Balaban J connectivity index is 2.85. The number of benzene rings is 1. The largest absolute Gasteiger partial charge is 0.352 e. The third kappa shape index (κ3) is 5.19. The third-order valence-electron chi connectivity index (χ3n) is 3.16. The summed E-state index contributed by atoms with van der Waals surface area (Å²) in [5.41, 5.74) is 7.92. The van der Waals surface area contributed by atoms with Crippen molar-refractivity contribution in [3.05, 3.63) is 29.3 Å².